The van der Waals surface area contributed by atoms with Crippen LogP contribution in [0.5, 0.6) is 5.75 Å². The first kappa shape index (κ1) is 12.4. The predicted molar refractivity (Wildman–Crippen MR) is 71.4 cm³/mol. The molecular weight excluding hydrogens is 210 g/mol. The summed E-state index contributed by atoms with van der Waals surface area (Å²) >= 11 is 0. The van der Waals surface area contributed by atoms with Crippen molar-refractivity contribution in [3.63, 3.8) is 0 Å². The van der Waals surface area contributed by atoms with Crippen LogP contribution in [0, 0.1) is 0 Å². The lowest BCUT2D eigenvalue weighted by molar-refractivity contribution is 0.230. The van der Waals surface area contributed by atoms with E-state index in [1.165, 1.54) is 18.4 Å². The molecule has 0 amide bonds. The van der Waals surface area contributed by atoms with Gasteiger partial charge in [-0.2, -0.15) is 0 Å². The largest absolute Gasteiger partial charge is 0.491 e. The topological polar surface area (TPSA) is 21.3 Å². The fraction of sp³-hybridized carbons (Fsp3) is 0.600. The zero-order valence-corrected chi connectivity index (χ0v) is 11.1. The lowest BCUT2D eigenvalue weighted by Crippen LogP contribution is -2.36. The van der Waals surface area contributed by atoms with E-state index in [1.54, 1.807) is 0 Å². The molecule has 1 heterocycles. The van der Waals surface area contributed by atoms with Crippen molar-refractivity contribution in [1.82, 2.24) is 5.32 Å². The van der Waals surface area contributed by atoms with E-state index in [0.717, 1.165) is 18.7 Å². The normalized spacial score (nSPS) is 24.2. The molecule has 1 aliphatic heterocycles. The Morgan fingerprint density at radius 2 is 2.12 bits per heavy atom. The Balaban J connectivity index is 2.36. The molecular formula is C15H23NO. The van der Waals surface area contributed by atoms with Gasteiger partial charge in [0, 0.05) is 11.1 Å². The highest BCUT2D eigenvalue weighted by Crippen LogP contribution is 2.39. The van der Waals surface area contributed by atoms with E-state index >= 15 is 0 Å². The van der Waals surface area contributed by atoms with Gasteiger partial charge in [-0.15, -0.1) is 0 Å². The third kappa shape index (κ3) is 2.47. The molecule has 0 radical (unpaired) electrons. The summed E-state index contributed by atoms with van der Waals surface area (Å²) in [6, 6.07) is 8.46. The van der Waals surface area contributed by atoms with Crippen molar-refractivity contribution in [2.45, 2.75) is 51.7 Å². The maximum absolute atomic E-state index is 5.94. The predicted octanol–water partition coefficient (Wildman–Crippen LogP) is 3.46. The third-order valence-corrected chi connectivity index (χ3v) is 3.61. The number of ether oxygens (including phenoxy) is 1. The van der Waals surface area contributed by atoms with Crippen LogP contribution in [0.3, 0.4) is 0 Å². The van der Waals surface area contributed by atoms with Crippen LogP contribution in [0.2, 0.25) is 0 Å². The van der Waals surface area contributed by atoms with Crippen molar-refractivity contribution < 1.29 is 4.74 Å². The Hall–Kier alpha value is -1.02. The molecule has 94 valence electrons. The molecule has 17 heavy (non-hydrogen) atoms. The number of hydrogen-bond donors (Lipinski definition) is 1. The summed E-state index contributed by atoms with van der Waals surface area (Å²) in [5.74, 6) is 1.04. The van der Waals surface area contributed by atoms with Gasteiger partial charge in [-0.25, -0.2) is 0 Å². The van der Waals surface area contributed by atoms with Gasteiger partial charge < -0.3 is 10.1 Å². The minimum atomic E-state index is 0.130. The number of rotatable bonds is 4. The molecule has 1 aromatic rings. The summed E-state index contributed by atoms with van der Waals surface area (Å²) in [7, 11) is 0. The standard InChI is InChI=1S/C15H23NO/c1-4-15(10-7-11-16-15)13-8-5-6-9-14(13)17-12(2)3/h5-6,8-9,12,16H,4,7,10-11H2,1-3H3. The van der Waals surface area contributed by atoms with Gasteiger partial charge in [-0.1, -0.05) is 25.1 Å². The zero-order valence-electron chi connectivity index (χ0n) is 11.1. The van der Waals surface area contributed by atoms with Crippen LogP contribution < -0.4 is 10.1 Å². The first-order chi connectivity index (χ1) is 8.18. The van der Waals surface area contributed by atoms with Crippen LogP contribution in [0.4, 0.5) is 0 Å². The lowest BCUT2D eigenvalue weighted by atomic mass is 9.85. The van der Waals surface area contributed by atoms with Crippen LogP contribution in [0.1, 0.15) is 45.6 Å². The van der Waals surface area contributed by atoms with E-state index in [-0.39, 0.29) is 11.6 Å². The van der Waals surface area contributed by atoms with Gasteiger partial charge in [0.15, 0.2) is 0 Å². The summed E-state index contributed by atoms with van der Waals surface area (Å²) in [6.45, 7) is 7.53. The van der Waals surface area contributed by atoms with E-state index < -0.39 is 0 Å². The molecule has 1 aliphatic rings. The van der Waals surface area contributed by atoms with Gasteiger partial charge in [-0.05, 0) is 45.7 Å². The second kappa shape index (κ2) is 5.09. The average molecular weight is 233 g/mol. The first-order valence-electron chi connectivity index (χ1n) is 6.69. The first-order valence-corrected chi connectivity index (χ1v) is 6.69. The Kier molecular flexibility index (Phi) is 3.72. The number of para-hydroxylation sites is 1. The highest BCUT2D eigenvalue weighted by molar-refractivity contribution is 5.40. The quantitative estimate of drug-likeness (QED) is 0.860. The molecule has 2 rings (SSSR count). The Morgan fingerprint density at radius 3 is 2.71 bits per heavy atom. The van der Waals surface area contributed by atoms with Gasteiger partial charge in [0.05, 0.1) is 6.10 Å². The van der Waals surface area contributed by atoms with Crippen LogP contribution in [-0.2, 0) is 5.54 Å². The van der Waals surface area contributed by atoms with Crippen LogP contribution in [0.25, 0.3) is 0 Å². The summed E-state index contributed by atoms with van der Waals surface area (Å²) in [6.07, 6.45) is 3.81. The Morgan fingerprint density at radius 1 is 1.35 bits per heavy atom. The molecule has 1 saturated heterocycles. The number of benzene rings is 1. The molecule has 1 atom stereocenters. The highest BCUT2D eigenvalue weighted by atomic mass is 16.5. The molecule has 0 aromatic heterocycles. The summed E-state index contributed by atoms with van der Waals surface area (Å²) < 4.78 is 5.94. The average Bonchev–Trinajstić information content (AvgIpc) is 2.79. The van der Waals surface area contributed by atoms with E-state index in [4.69, 9.17) is 4.74 Å². The Bertz CT molecular complexity index is 367. The minimum absolute atomic E-state index is 0.130. The van der Waals surface area contributed by atoms with E-state index in [0.29, 0.717) is 0 Å². The molecule has 1 unspecified atom stereocenters. The van der Waals surface area contributed by atoms with Crippen molar-refractivity contribution in [3.05, 3.63) is 29.8 Å². The van der Waals surface area contributed by atoms with Gasteiger partial charge >= 0.3 is 0 Å². The molecule has 1 N–H and O–H groups in total. The summed E-state index contributed by atoms with van der Waals surface area (Å²) in [5.41, 5.74) is 1.46. The van der Waals surface area contributed by atoms with Crippen molar-refractivity contribution in [1.29, 1.82) is 0 Å². The molecule has 0 bridgehead atoms. The number of hydrogen-bond acceptors (Lipinski definition) is 2. The van der Waals surface area contributed by atoms with Crippen LogP contribution >= 0.6 is 0 Å². The van der Waals surface area contributed by atoms with Crippen LogP contribution in [-0.4, -0.2) is 12.6 Å². The molecule has 0 spiro atoms. The van der Waals surface area contributed by atoms with Gasteiger partial charge in [0.2, 0.25) is 0 Å². The highest BCUT2D eigenvalue weighted by Gasteiger charge is 2.35. The molecule has 2 nitrogen and oxygen atoms in total. The zero-order chi connectivity index (χ0) is 12.3. The van der Waals surface area contributed by atoms with Crippen LogP contribution in [0.15, 0.2) is 24.3 Å². The van der Waals surface area contributed by atoms with Gasteiger partial charge in [-0.3, -0.25) is 0 Å². The smallest absolute Gasteiger partial charge is 0.124 e. The van der Waals surface area contributed by atoms with Gasteiger partial charge in [0.25, 0.3) is 0 Å². The van der Waals surface area contributed by atoms with Crippen molar-refractivity contribution in [3.8, 4) is 5.75 Å². The van der Waals surface area contributed by atoms with E-state index in [1.807, 2.05) is 0 Å². The van der Waals surface area contributed by atoms with Crippen molar-refractivity contribution in [2.24, 2.45) is 0 Å². The van der Waals surface area contributed by atoms with E-state index in [9.17, 15) is 0 Å². The van der Waals surface area contributed by atoms with Gasteiger partial charge in [0.1, 0.15) is 5.75 Å². The monoisotopic (exact) mass is 233 g/mol. The van der Waals surface area contributed by atoms with Crippen molar-refractivity contribution >= 4 is 0 Å². The SMILES string of the molecule is CCC1(c2ccccc2OC(C)C)CCCN1. The molecule has 0 saturated carbocycles. The molecule has 2 heteroatoms. The summed E-state index contributed by atoms with van der Waals surface area (Å²) in [4.78, 5) is 0. The summed E-state index contributed by atoms with van der Waals surface area (Å²) in [5, 5.41) is 3.67. The maximum Gasteiger partial charge on any atom is 0.124 e. The third-order valence-electron chi connectivity index (χ3n) is 3.61. The fourth-order valence-electron chi connectivity index (χ4n) is 2.75. The van der Waals surface area contributed by atoms with E-state index in [2.05, 4.69) is 50.4 Å². The minimum Gasteiger partial charge on any atom is -0.491 e. The molecule has 1 aromatic carbocycles. The Labute approximate surface area is 104 Å². The second-order valence-electron chi connectivity index (χ2n) is 5.13. The second-order valence-corrected chi connectivity index (χ2v) is 5.13. The maximum atomic E-state index is 5.94. The number of nitrogens with one attached hydrogen (secondary N) is 1. The van der Waals surface area contributed by atoms with Crippen molar-refractivity contribution in [2.75, 3.05) is 6.54 Å². The fourth-order valence-corrected chi connectivity index (χ4v) is 2.75. The molecule has 1 fully saturated rings. The molecule has 0 aliphatic carbocycles. The lowest BCUT2D eigenvalue weighted by Gasteiger charge is -2.31.